The molecule has 23 heavy (non-hydrogen) atoms. The number of aliphatic carboxylic acids is 1. The van der Waals surface area contributed by atoms with Gasteiger partial charge in [0.25, 0.3) is 5.91 Å². The second-order valence-electron chi connectivity index (χ2n) is 5.16. The van der Waals surface area contributed by atoms with Crippen molar-refractivity contribution in [1.82, 2.24) is 0 Å². The van der Waals surface area contributed by atoms with Crippen LogP contribution in [0.1, 0.15) is 11.1 Å². The molecule has 0 fully saturated rings. The number of ether oxygens (including phenoxy) is 1. The number of hydrogen-bond donors (Lipinski definition) is 1. The van der Waals surface area contributed by atoms with Crippen LogP contribution in [0.2, 0.25) is 0 Å². The van der Waals surface area contributed by atoms with E-state index >= 15 is 0 Å². The topological polar surface area (TPSA) is 66.8 Å². The van der Waals surface area contributed by atoms with Crippen molar-refractivity contribution in [3.8, 4) is 5.75 Å². The Labute approximate surface area is 133 Å². The number of carbonyl (C=O) groups is 2. The molecule has 1 heterocycles. The molecule has 5 heteroatoms. The predicted molar refractivity (Wildman–Crippen MR) is 86.2 cm³/mol. The van der Waals surface area contributed by atoms with Gasteiger partial charge in [-0.2, -0.15) is 0 Å². The lowest BCUT2D eigenvalue weighted by Gasteiger charge is -2.17. The van der Waals surface area contributed by atoms with E-state index in [-0.39, 0.29) is 11.5 Å². The maximum Gasteiger partial charge on any atom is 0.329 e. The van der Waals surface area contributed by atoms with Crippen LogP contribution in [0, 0.1) is 0 Å². The number of carboxylic acids is 1. The first-order valence-electron chi connectivity index (χ1n) is 7.09. The maximum atomic E-state index is 12.6. The summed E-state index contributed by atoms with van der Waals surface area (Å²) >= 11 is 0. The number of amides is 1. The monoisotopic (exact) mass is 309 g/mol. The van der Waals surface area contributed by atoms with Gasteiger partial charge < -0.3 is 14.7 Å². The molecule has 116 valence electrons. The lowest BCUT2D eigenvalue weighted by molar-refractivity contribution is -0.131. The summed E-state index contributed by atoms with van der Waals surface area (Å²) in [6.45, 7) is 0.351. The minimum absolute atomic E-state index is 0.205. The molecule has 2 aromatic carbocycles. The molecule has 1 aliphatic heterocycles. The van der Waals surface area contributed by atoms with Crippen molar-refractivity contribution >= 4 is 23.1 Å². The number of para-hydroxylation sites is 1. The Balaban J connectivity index is 1.99. The van der Waals surface area contributed by atoms with E-state index in [1.54, 1.807) is 24.1 Å². The smallest absolute Gasteiger partial charge is 0.329 e. The van der Waals surface area contributed by atoms with Crippen LogP contribution in [0.5, 0.6) is 5.75 Å². The molecule has 1 N–H and O–H groups in total. The highest BCUT2D eigenvalue weighted by Crippen LogP contribution is 2.37. The van der Waals surface area contributed by atoms with Gasteiger partial charge in [-0.3, -0.25) is 4.79 Å². The van der Waals surface area contributed by atoms with Crippen molar-refractivity contribution in [3.63, 3.8) is 0 Å². The second kappa shape index (κ2) is 5.96. The third kappa shape index (κ3) is 2.81. The first-order chi connectivity index (χ1) is 11.1. The van der Waals surface area contributed by atoms with Crippen LogP contribution in [0.3, 0.4) is 0 Å². The van der Waals surface area contributed by atoms with E-state index in [4.69, 9.17) is 9.84 Å². The number of fused-ring (bicyclic) bond motifs is 1. The van der Waals surface area contributed by atoms with Crippen molar-refractivity contribution in [3.05, 3.63) is 65.7 Å². The average Bonchev–Trinajstić information content (AvgIpc) is 2.81. The Bertz CT molecular complexity index is 810. The Morgan fingerprint density at radius 1 is 1.22 bits per heavy atom. The second-order valence-corrected chi connectivity index (χ2v) is 5.16. The fraction of sp³-hybridized carbons (Fsp3) is 0.111. The number of carboxylic acid groups (broad SMARTS) is 1. The van der Waals surface area contributed by atoms with Crippen molar-refractivity contribution in [1.29, 1.82) is 0 Å². The molecule has 0 spiro atoms. The van der Waals surface area contributed by atoms with Gasteiger partial charge in [-0.05, 0) is 23.8 Å². The summed E-state index contributed by atoms with van der Waals surface area (Å²) in [4.78, 5) is 25.2. The van der Waals surface area contributed by atoms with E-state index in [1.165, 1.54) is 0 Å². The van der Waals surface area contributed by atoms with Crippen LogP contribution in [0.25, 0.3) is 5.57 Å². The van der Waals surface area contributed by atoms with Crippen molar-refractivity contribution in [2.75, 3.05) is 12.0 Å². The molecule has 0 saturated carbocycles. The first kappa shape index (κ1) is 14.8. The summed E-state index contributed by atoms with van der Waals surface area (Å²) in [5, 5.41) is 9.00. The van der Waals surface area contributed by atoms with E-state index in [2.05, 4.69) is 0 Å². The van der Waals surface area contributed by atoms with Crippen molar-refractivity contribution < 1.29 is 19.4 Å². The summed E-state index contributed by atoms with van der Waals surface area (Å²) in [5.41, 5.74) is 2.47. The normalized spacial score (nSPS) is 14.9. The molecule has 0 atom stereocenters. The quantitative estimate of drug-likeness (QED) is 0.882. The average molecular weight is 309 g/mol. The van der Waals surface area contributed by atoms with Gasteiger partial charge in [0.05, 0.1) is 24.9 Å². The highest BCUT2D eigenvalue weighted by atomic mass is 16.5. The summed E-state index contributed by atoms with van der Waals surface area (Å²) in [6, 6.07) is 14.6. The third-order valence-electron chi connectivity index (χ3n) is 3.70. The molecule has 0 unspecified atom stereocenters. The van der Waals surface area contributed by atoms with Gasteiger partial charge in [-0.15, -0.1) is 0 Å². The number of hydrogen-bond acceptors (Lipinski definition) is 3. The lowest BCUT2D eigenvalue weighted by Crippen LogP contribution is -2.25. The van der Waals surface area contributed by atoms with Crippen LogP contribution in [0.4, 0.5) is 5.69 Å². The molecule has 0 saturated heterocycles. The minimum atomic E-state index is -1.13. The zero-order chi connectivity index (χ0) is 16.4. The van der Waals surface area contributed by atoms with Crippen LogP contribution < -0.4 is 9.64 Å². The van der Waals surface area contributed by atoms with Gasteiger partial charge >= 0.3 is 5.97 Å². The van der Waals surface area contributed by atoms with Crippen molar-refractivity contribution in [2.45, 2.75) is 6.54 Å². The number of benzene rings is 2. The fourth-order valence-electron chi connectivity index (χ4n) is 2.68. The minimum Gasteiger partial charge on any atom is -0.497 e. The molecule has 1 amide bonds. The third-order valence-corrected chi connectivity index (χ3v) is 3.70. The number of methoxy groups -OCH3 is 1. The van der Waals surface area contributed by atoms with Crippen LogP contribution in [-0.4, -0.2) is 24.1 Å². The summed E-state index contributed by atoms with van der Waals surface area (Å²) in [5.74, 6) is -0.730. The van der Waals surface area contributed by atoms with Gasteiger partial charge in [-0.1, -0.05) is 30.3 Å². The lowest BCUT2D eigenvalue weighted by atomic mass is 10.1. The molecule has 1 aliphatic rings. The van der Waals surface area contributed by atoms with E-state index in [9.17, 15) is 9.59 Å². The predicted octanol–water partition coefficient (Wildman–Crippen LogP) is 2.71. The maximum absolute atomic E-state index is 12.6. The Morgan fingerprint density at radius 2 is 2.00 bits per heavy atom. The number of rotatable bonds is 4. The van der Waals surface area contributed by atoms with E-state index in [1.807, 2.05) is 36.4 Å². The van der Waals surface area contributed by atoms with E-state index in [0.717, 1.165) is 11.6 Å². The molecular formula is C18H15NO4. The van der Waals surface area contributed by atoms with Crippen LogP contribution >= 0.6 is 0 Å². The molecule has 0 bridgehead atoms. The molecule has 0 aromatic heterocycles. The van der Waals surface area contributed by atoms with Crippen molar-refractivity contribution in [2.24, 2.45) is 0 Å². The number of anilines is 1. The Hall–Kier alpha value is -3.08. The number of carbonyl (C=O) groups excluding carboxylic acids is 1. The van der Waals surface area contributed by atoms with Crippen LogP contribution in [-0.2, 0) is 16.1 Å². The zero-order valence-corrected chi connectivity index (χ0v) is 12.5. The largest absolute Gasteiger partial charge is 0.497 e. The summed E-state index contributed by atoms with van der Waals surface area (Å²) in [7, 11) is 1.59. The summed E-state index contributed by atoms with van der Waals surface area (Å²) < 4.78 is 5.20. The molecule has 0 radical (unpaired) electrons. The zero-order valence-electron chi connectivity index (χ0n) is 12.5. The highest BCUT2D eigenvalue weighted by molar-refractivity contribution is 6.34. The molecule has 0 aliphatic carbocycles. The van der Waals surface area contributed by atoms with Crippen LogP contribution in [0.15, 0.2) is 54.6 Å². The van der Waals surface area contributed by atoms with Gasteiger partial charge in [-0.25, -0.2) is 4.79 Å². The first-order valence-corrected chi connectivity index (χ1v) is 7.09. The summed E-state index contributed by atoms with van der Waals surface area (Å²) in [6.07, 6.45) is 0.965. The van der Waals surface area contributed by atoms with E-state index < -0.39 is 5.97 Å². The van der Waals surface area contributed by atoms with Gasteiger partial charge in [0, 0.05) is 11.6 Å². The van der Waals surface area contributed by atoms with Gasteiger partial charge in [0.1, 0.15) is 5.75 Å². The highest BCUT2D eigenvalue weighted by Gasteiger charge is 2.32. The van der Waals surface area contributed by atoms with Gasteiger partial charge in [0.2, 0.25) is 0 Å². The SMILES string of the molecule is COc1cccc(CN2C(=O)/C(=C/C(=O)O)c3ccccc32)c1. The molecule has 5 nitrogen and oxygen atoms in total. The van der Waals surface area contributed by atoms with E-state index in [0.29, 0.717) is 23.5 Å². The Morgan fingerprint density at radius 3 is 2.74 bits per heavy atom. The molecule has 3 rings (SSSR count). The standard InChI is InChI=1S/C18H15NO4/c1-23-13-6-4-5-12(9-13)11-19-16-8-3-2-7-14(16)15(18(19)22)10-17(20)21/h2-10H,11H2,1H3,(H,20,21)/b15-10+. The van der Waals surface area contributed by atoms with Gasteiger partial charge in [0.15, 0.2) is 0 Å². The fourth-order valence-corrected chi connectivity index (χ4v) is 2.68. The molecule has 2 aromatic rings. The molecular weight excluding hydrogens is 294 g/mol. The number of nitrogens with zero attached hydrogens (tertiary/aromatic N) is 1. The Kier molecular flexibility index (Phi) is 3.85.